The molecule has 0 atom stereocenters. The molecule has 2 aromatic rings. The average Bonchev–Trinajstić information content (AvgIpc) is 2.82. The molecule has 0 amide bonds. The van der Waals surface area contributed by atoms with Crippen molar-refractivity contribution in [3.05, 3.63) is 29.5 Å². The normalized spacial score (nSPS) is 13.8. The molecule has 0 radical (unpaired) electrons. The van der Waals surface area contributed by atoms with Gasteiger partial charge in [-0.25, -0.2) is 0 Å². The molecule has 4 nitrogen and oxygen atoms in total. The molecule has 0 saturated heterocycles. The van der Waals surface area contributed by atoms with Crippen LogP contribution in [0.25, 0.3) is 10.9 Å². The van der Waals surface area contributed by atoms with Gasteiger partial charge in [0.25, 0.3) is 0 Å². The number of rotatable bonds is 2. The van der Waals surface area contributed by atoms with Crippen LogP contribution in [-0.2, 0) is 17.6 Å². The second kappa shape index (κ2) is 3.27. The van der Waals surface area contributed by atoms with Gasteiger partial charge in [0.2, 0.25) is 0 Å². The number of ether oxygens (including phenoxy) is 1. The first-order valence-corrected chi connectivity index (χ1v) is 5.22. The summed E-state index contributed by atoms with van der Waals surface area (Å²) in [6.07, 6.45) is 2.69. The van der Waals surface area contributed by atoms with Crippen LogP contribution in [0, 0.1) is 0 Å². The second-order valence-corrected chi connectivity index (χ2v) is 3.95. The SMILES string of the molecule is O=C(O)Cc1c[nH]c2ccc3c(c12)CCO3. The number of carboxylic acids is 1. The molecule has 0 spiro atoms. The minimum atomic E-state index is -0.808. The Labute approximate surface area is 91.8 Å². The zero-order valence-electron chi connectivity index (χ0n) is 8.62. The summed E-state index contributed by atoms with van der Waals surface area (Å²) >= 11 is 0. The molecule has 0 fully saturated rings. The summed E-state index contributed by atoms with van der Waals surface area (Å²) in [6.45, 7) is 0.687. The van der Waals surface area contributed by atoms with E-state index in [-0.39, 0.29) is 6.42 Å². The Balaban J connectivity index is 2.23. The van der Waals surface area contributed by atoms with Crippen molar-refractivity contribution in [1.29, 1.82) is 0 Å². The van der Waals surface area contributed by atoms with E-state index < -0.39 is 5.97 Å². The third-order valence-corrected chi connectivity index (χ3v) is 2.94. The summed E-state index contributed by atoms with van der Waals surface area (Å²) in [5.41, 5.74) is 2.96. The van der Waals surface area contributed by atoms with E-state index in [0.29, 0.717) is 6.61 Å². The van der Waals surface area contributed by atoms with Crippen LogP contribution < -0.4 is 4.74 Å². The van der Waals surface area contributed by atoms with E-state index in [1.54, 1.807) is 6.20 Å². The third kappa shape index (κ3) is 1.26. The van der Waals surface area contributed by atoms with E-state index in [1.807, 2.05) is 12.1 Å². The summed E-state index contributed by atoms with van der Waals surface area (Å²) in [6, 6.07) is 3.87. The van der Waals surface area contributed by atoms with Crippen LogP contribution in [0.5, 0.6) is 5.75 Å². The van der Waals surface area contributed by atoms with Gasteiger partial charge in [-0.3, -0.25) is 4.79 Å². The lowest BCUT2D eigenvalue weighted by Crippen LogP contribution is -1.99. The number of benzene rings is 1. The maximum Gasteiger partial charge on any atom is 0.307 e. The molecule has 16 heavy (non-hydrogen) atoms. The molecule has 0 aliphatic carbocycles. The fourth-order valence-electron chi connectivity index (χ4n) is 2.30. The van der Waals surface area contributed by atoms with Gasteiger partial charge in [-0.2, -0.15) is 0 Å². The highest BCUT2D eigenvalue weighted by atomic mass is 16.5. The molecular weight excluding hydrogens is 206 g/mol. The summed E-state index contributed by atoms with van der Waals surface area (Å²) in [4.78, 5) is 13.9. The molecule has 0 unspecified atom stereocenters. The number of carboxylic acid groups (broad SMARTS) is 1. The average molecular weight is 217 g/mol. The smallest absolute Gasteiger partial charge is 0.307 e. The van der Waals surface area contributed by atoms with Crippen molar-refractivity contribution in [3.8, 4) is 5.75 Å². The zero-order valence-corrected chi connectivity index (χ0v) is 8.62. The molecule has 3 rings (SSSR count). The summed E-state index contributed by atoms with van der Waals surface area (Å²) in [5, 5.41) is 9.87. The van der Waals surface area contributed by atoms with E-state index in [4.69, 9.17) is 9.84 Å². The van der Waals surface area contributed by atoms with Gasteiger partial charge in [0.1, 0.15) is 5.75 Å². The van der Waals surface area contributed by atoms with Crippen LogP contribution in [-0.4, -0.2) is 22.7 Å². The van der Waals surface area contributed by atoms with E-state index in [1.165, 1.54) is 0 Å². The Kier molecular flexibility index (Phi) is 1.89. The minimum Gasteiger partial charge on any atom is -0.493 e. The first-order chi connectivity index (χ1) is 7.75. The van der Waals surface area contributed by atoms with Crippen LogP contribution >= 0.6 is 0 Å². The van der Waals surface area contributed by atoms with Crippen molar-refractivity contribution in [3.63, 3.8) is 0 Å². The first-order valence-electron chi connectivity index (χ1n) is 5.22. The number of nitrogens with one attached hydrogen (secondary N) is 1. The molecule has 1 aromatic heterocycles. The van der Waals surface area contributed by atoms with Crippen LogP contribution in [0.3, 0.4) is 0 Å². The van der Waals surface area contributed by atoms with Gasteiger partial charge in [0.15, 0.2) is 0 Å². The Morgan fingerprint density at radius 2 is 2.38 bits per heavy atom. The van der Waals surface area contributed by atoms with Crippen molar-refractivity contribution in [2.45, 2.75) is 12.8 Å². The third-order valence-electron chi connectivity index (χ3n) is 2.94. The molecule has 1 aromatic carbocycles. The first kappa shape index (κ1) is 9.27. The lowest BCUT2D eigenvalue weighted by molar-refractivity contribution is -0.136. The van der Waals surface area contributed by atoms with Crippen LogP contribution in [0.2, 0.25) is 0 Å². The molecule has 0 bridgehead atoms. The van der Waals surface area contributed by atoms with Crippen molar-refractivity contribution in [2.24, 2.45) is 0 Å². The molecular formula is C12H11NO3. The maximum absolute atomic E-state index is 10.8. The standard InChI is InChI=1S/C12H11NO3/c14-11(15)5-7-6-13-9-1-2-10-8(12(7)9)3-4-16-10/h1-2,6,13H,3-5H2,(H,14,15). The molecule has 2 N–H and O–H groups in total. The largest absolute Gasteiger partial charge is 0.493 e. The number of aromatic nitrogens is 1. The number of aliphatic carboxylic acids is 1. The van der Waals surface area contributed by atoms with Crippen molar-refractivity contribution in [1.82, 2.24) is 4.98 Å². The molecule has 1 aliphatic rings. The zero-order chi connectivity index (χ0) is 11.1. The predicted molar refractivity (Wildman–Crippen MR) is 58.8 cm³/mol. The van der Waals surface area contributed by atoms with Gasteiger partial charge < -0.3 is 14.8 Å². The van der Waals surface area contributed by atoms with Crippen LogP contribution in [0.15, 0.2) is 18.3 Å². The van der Waals surface area contributed by atoms with Crippen molar-refractivity contribution >= 4 is 16.9 Å². The van der Waals surface area contributed by atoms with Crippen molar-refractivity contribution in [2.75, 3.05) is 6.61 Å². The number of H-pyrrole nitrogens is 1. The Bertz CT molecular complexity index is 571. The topological polar surface area (TPSA) is 62.3 Å². The quantitative estimate of drug-likeness (QED) is 0.805. The highest BCUT2D eigenvalue weighted by molar-refractivity contribution is 5.91. The highest BCUT2D eigenvalue weighted by Crippen LogP contribution is 2.34. The van der Waals surface area contributed by atoms with Gasteiger partial charge in [-0.05, 0) is 17.7 Å². The maximum atomic E-state index is 10.8. The Morgan fingerprint density at radius 1 is 1.50 bits per heavy atom. The van der Waals surface area contributed by atoms with E-state index in [0.717, 1.165) is 34.2 Å². The lowest BCUT2D eigenvalue weighted by atomic mass is 10.0. The molecule has 2 heterocycles. The highest BCUT2D eigenvalue weighted by Gasteiger charge is 2.19. The molecule has 0 saturated carbocycles. The van der Waals surface area contributed by atoms with Gasteiger partial charge in [0.05, 0.1) is 13.0 Å². The fraction of sp³-hybridized carbons (Fsp3) is 0.250. The molecule has 4 heteroatoms. The van der Waals surface area contributed by atoms with Gasteiger partial charge in [-0.1, -0.05) is 0 Å². The van der Waals surface area contributed by atoms with Crippen LogP contribution in [0.4, 0.5) is 0 Å². The number of fused-ring (bicyclic) bond motifs is 3. The second-order valence-electron chi connectivity index (χ2n) is 3.95. The number of carbonyl (C=O) groups is 1. The summed E-state index contributed by atoms with van der Waals surface area (Å²) in [7, 11) is 0. The van der Waals surface area contributed by atoms with E-state index in [2.05, 4.69) is 4.98 Å². The number of aromatic amines is 1. The van der Waals surface area contributed by atoms with Gasteiger partial charge >= 0.3 is 5.97 Å². The summed E-state index contributed by atoms with van der Waals surface area (Å²) in [5.74, 6) is 0.0798. The predicted octanol–water partition coefficient (Wildman–Crippen LogP) is 1.73. The Morgan fingerprint density at radius 3 is 3.19 bits per heavy atom. The number of hydrogen-bond acceptors (Lipinski definition) is 2. The van der Waals surface area contributed by atoms with Crippen molar-refractivity contribution < 1.29 is 14.6 Å². The molecule has 1 aliphatic heterocycles. The number of hydrogen-bond donors (Lipinski definition) is 2. The van der Waals surface area contributed by atoms with Gasteiger partial charge in [0, 0.05) is 29.1 Å². The lowest BCUT2D eigenvalue weighted by Gasteiger charge is -2.01. The molecule has 82 valence electrons. The minimum absolute atomic E-state index is 0.0520. The fourth-order valence-corrected chi connectivity index (χ4v) is 2.30. The van der Waals surface area contributed by atoms with E-state index in [9.17, 15) is 4.79 Å². The monoisotopic (exact) mass is 217 g/mol. The van der Waals surface area contributed by atoms with Gasteiger partial charge in [-0.15, -0.1) is 0 Å². The Hall–Kier alpha value is -1.97. The van der Waals surface area contributed by atoms with Crippen LogP contribution in [0.1, 0.15) is 11.1 Å². The van der Waals surface area contributed by atoms with E-state index >= 15 is 0 Å². The summed E-state index contributed by atoms with van der Waals surface area (Å²) < 4.78 is 5.47.